The van der Waals surface area contributed by atoms with Crippen molar-refractivity contribution in [3.8, 4) is 0 Å². The average molecular weight is 168 g/mol. The molecule has 0 radical (unpaired) electrons. The standard InChI is InChI=1S/C6H9F3.C2H6/c1-4-2-5(3-4)6(7,8)9;1-2/h4-5H,2-3H2,1H3;1-2H3. The van der Waals surface area contributed by atoms with Crippen LogP contribution < -0.4 is 0 Å². The van der Waals surface area contributed by atoms with E-state index in [2.05, 4.69) is 0 Å². The zero-order valence-electron chi connectivity index (χ0n) is 7.20. The molecule has 0 aliphatic heterocycles. The molecule has 1 saturated carbocycles. The first-order chi connectivity index (χ1) is 5.00. The lowest BCUT2D eigenvalue weighted by Crippen LogP contribution is -2.34. The molecule has 1 rings (SSSR count). The minimum absolute atomic E-state index is 0.289. The zero-order valence-corrected chi connectivity index (χ0v) is 7.20. The third-order valence-corrected chi connectivity index (χ3v) is 1.84. The van der Waals surface area contributed by atoms with E-state index in [-0.39, 0.29) is 5.92 Å². The first-order valence-electron chi connectivity index (χ1n) is 4.07. The summed E-state index contributed by atoms with van der Waals surface area (Å²) in [6, 6.07) is 0. The molecular weight excluding hydrogens is 153 g/mol. The van der Waals surface area contributed by atoms with Crippen LogP contribution in [0.4, 0.5) is 13.2 Å². The highest BCUT2D eigenvalue weighted by atomic mass is 19.4. The van der Waals surface area contributed by atoms with E-state index in [0.29, 0.717) is 12.8 Å². The summed E-state index contributed by atoms with van der Waals surface area (Å²) in [6.07, 6.45) is -3.25. The highest BCUT2D eigenvalue weighted by molar-refractivity contribution is 4.81. The summed E-state index contributed by atoms with van der Waals surface area (Å²) in [4.78, 5) is 0. The molecular formula is C8H15F3. The van der Waals surface area contributed by atoms with Crippen LogP contribution in [0.1, 0.15) is 33.6 Å². The highest BCUT2D eigenvalue weighted by Crippen LogP contribution is 2.44. The van der Waals surface area contributed by atoms with Gasteiger partial charge in [-0.3, -0.25) is 0 Å². The van der Waals surface area contributed by atoms with Gasteiger partial charge >= 0.3 is 6.18 Å². The minimum Gasteiger partial charge on any atom is -0.171 e. The van der Waals surface area contributed by atoms with E-state index in [1.165, 1.54) is 0 Å². The van der Waals surface area contributed by atoms with Gasteiger partial charge in [0.1, 0.15) is 0 Å². The summed E-state index contributed by atoms with van der Waals surface area (Å²) in [5.74, 6) is -0.705. The van der Waals surface area contributed by atoms with Gasteiger partial charge in [-0.1, -0.05) is 20.8 Å². The van der Waals surface area contributed by atoms with Gasteiger partial charge in [0.25, 0.3) is 0 Å². The molecule has 0 aromatic carbocycles. The van der Waals surface area contributed by atoms with E-state index < -0.39 is 12.1 Å². The van der Waals surface area contributed by atoms with Crippen LogP contribution in [0.5, 0.6) is 0 Å². The molecule has 68 valence electrons. The van der Waals surface area contributed by atoms with Crippen LogP contribution in [-0.4, -0.2) is 6.18 Å². The molecule has 1 fully saturated rings. The molecule has 0 spiro atoms. The van der Waals surface area contributed by atoms with Crippen molar-refractivity contribution in [1.82, 2.24) is 0 Å². The summed E-state index contributed by atoms with van der Waals surface area (Å²) in [5.41, 5.74) is 0. The summed E-state index contributed by atoms with van der Waals surface area (Å²) < 4.78 is 35.0. The molecule has 0 unspecified atom stereocenters. The molecule has 11 heavy (non-hydrogen) atoms. The highest BCUT2D eigenvalue weighted by Gasteiger charge is 2.45. The fourth-order valence-electron chi connectivity index (χ4n) is 1.17. The van der Waals surface area contributed by atoms with Crippen LogP contribution in [0.2, 0.25) is 0 Å². The predicted octanol–water partition coefficient (Wildman–Crippen LogP) is 3.62. The fourth-order valence-corrected chi connectivity index (χ4v) is 1.17. The van der Waals surface area contributed by atoms with Crippen LogP contribution in [0.15, 0.2) is 0 Å². The first-order valence-corrected chi connectivity index (χ1v) is 4.07. The molecule has 0 saturated heterocycles. The van der Waals surface area contributed by atoms with Crippen molar-refractivity contribution in [2.24, 2.45) is 11.8 Å². The Morgan fingerprint density at radius 2 is 1.45 bits per heavy atom. The van der Waals surface area contributed by atoms with Gasteiger partial charge in [-0.25, -0.2) is 0 Å². The lowest BCUT2D eigenvalue weighted by atomic mass is 9.76. The molecule has 3 heteroatoms. The van der Waals surface area contributed by atoms with Crippen molar-refractivity contribution < 1.29 is 13.2 Å². The maximum Gasteiger partial charge on any atom is 0.391 e. The molecule has 0 aromatic heterocycles. The number of rotatable bonds is 0. The van der Waals surface area contributed by atoms with Crippen molar-refractivity contribution in [2.75, 3.05) is 0 Å². The van der Waals surface area contributed by atoms with E-state index in [4.69, 9.17) is 0 Å². The van der Waals surface area contributed by atoms with Gasteiger partial charge in [0.05, 0.1) is 5.92 Å². The SMILES string of the molecule is CC.CC1CC(C(F)(F)F)C1. The Kier molecular flexibility index (Phi) is 3.90. The number of hydrogen-bond acceptors (Lipinski definition) is 0. The van der Waals surface area contributed by atoms with Gasteiger partial charge in [-0.05, 0) is 18.8 Å². The lowest BCUT2D eigenvalue weighted by molar-refractivity contribution is -0.202. The fraction of sp³-hybridized carbons (Fsp3) is 1.00. The van der Waals surface area contributed by atoms with Crippen LogP contribution in [-0.2, 0) is 0 Å². The molecule has 0 heterocycles. The second-order valence-corrected chi connectivity index (χ2v) is 2.82. The zero-order chi connectivity index (χ0) is 9.07. The van der Waals surface area contributed by atoms with Crippen molar-refractivity contribution in [3.63, 3.8) is 0 Å². The quantitative estimate of drug-likeness (QED) is 0.518. The van der Waals surface area contributed by atoms with Crippen molar-refractivity contribution >= 4 is 0 Å². The molecule has 0 amide bonds. The molecule has 0 bridgehead atoms. The van der Waals surface area contributed by atoms with Gasteiger partial charge in [0.15, 0.2) is 0 Å². The summed E-state index contributed by atoms with van der Waals surface area (Å²) >= 11 is 0. The van der Waals surface area contributed by atoms with Crippen LogP contribution in [0.3, 0.4) is 0 Å². The van der Waals surface area contributed by atoms with Gasteiger partial charge < -0.3 is 0 Å². The van der Waals surface area contributed by atoms with Gasteiger partial charge in [0.2, 0.25) is 0 Å². The molecule has 0 nitrogen and oxygen atoms in total. The van der Waals surface area contributed by atoms with E-state index >= 15 is 0 Å². The molecule has 1 aliphatic rings. The van der Waals surface area contributed by atoms with Crippen molar-refractivity contribution in [1.29, 1.82) is 0 Å². The van der Waals surface area contributed by atoms with Gasteiger partial charge in [-0.15, -0.1) is 0 Å². The average Bonchev–Trinajstić information content (AvgIpc) is 1.84. The van der Waals surface area contributed by atoms with Crippen LogP contribution >= 0.6 is 0 Å². The normalized spacial score (nSPS) is 30.0. The van der Waals surface area contributed by atoms with Gasteiger partial charge in [0, 0.05) is 0 Å². The Hall–Kier alpha value is -0.210. The van der Waals surface area contributed by atoms with Crippen molar-refractivity contribution in [3.05, 3.63) is 0 Å². The number of halogens is 3. The Bertz CT molecular complexity index is 100. The monoisotopic (exact) mass is 168 g/mol. The van der Waals surface area contributed by atoms with E-state index in [1.807, 2.05) is 20.8 Å². The lowest BCUT2D eigenvalue weighted by Gasteiger charge is -2.33. The first kappa shape index (κ1) is 10.8. The molecule has 0 aromatic rings. The van der Waals surface area contributed by atoms with Crippen LogP contribution in [0, 0.1) is 11.8 Å². The second-order valence-electron chi connectivity index (χ2n) is 2.82. The topological polar surface area (TPSA) is 0 Å². The maximum absolute atomic E-state index is 11.7. The second kappa shape index (κ2) is 3.98. The smallest absolute Gasteiger partial charge is 0.171 e. The Morgan fingerprint density at radius 1 is 1.09 bits per heavy atom. The Labute approximate surface area is 65.8 Å². The van der Waals surface area contributed by atoms with E-state index in [0.717, 1.165) is 0 Å². The maximum atomic E-state index is 11.7. The summed E-state index contributed by atoms with van der Waals surface area (Å²) in [5, 5.41) is 0. The largest absolute Gasteiger partial charge is 0.391 e. The third-order valence-electron chi connectivity index (χ3n) is 1.84. The molecule has 0 atom stereocenters. The Morgan fingerprint density at radius 3 is 1.55 bits per heavy atom. The molecule has 0 N–H and O–H groups in total. The minimum atomic E-state index is -3.92. The number of hydrogen-bond donors (Lipinski definition) is 0. The van der Waals surface area contributed by atoms with Crippen molar-refractivity contribution in [2.45, 2.75) is 39.8 Å². The van der Waals surface area contributed by atoms with E-state index in [1.54, 1.807) is 0 Å². The Balaban J connectivity index is 0.000000461. The number of alkyl halides is 3. The van der Waals surface area contributed by atoms with E-state index in [9.17, 15) is 13.2 Å². The third kappa shape index (κ3) is 3.12. The van der Waals surface area contributed by atoms with Crippen LogP contribution in [0.25, 0.3) is 0 Å². The summed E-state index contributed by atoms with van der Waals surface area (Å²) in [7, 11) is 0. The predicted molar refractivity (Wildman–Crippen MR) is 39.3 cm³/mol. The molecule has 1 aliphatic carbocycles. The van der Waals surface area contributed by atoms with Gasteiger partial charge in [-0.2, -0.15) is 13.2 Å². The summed E-state index contributed by atoms with van der Waals surface area (Å²) in [6.45, 7) is 5.85.